The highest BCUT2D eigenvalue weighted by Gasteiger charge is 2.28. The molecule has 0 atom stereocenters. The lowest BCUT2D eigenvalue weighted by Crippen LogP contribution is -2.30. The van der Waals surface area contributed by atoms with Crippen LogP contribution in [0.15, 0.2) is 65.1 Å². The molecule has 0 radical (unpaired) electrons. The fraction of sp³-hybridized carbons (Fsp3) is 0.324. The van der Waals surface area contributed by atoms with E-state index in [9.17, 15) is 0 Å². The van der Waals surface area contributed by atoms with Crippen molar-refractivity contribution in [2.45, 2.75) is 59.3 Å². The minimum Gasteiger partial charge on any atom is -0.437 e. The number of aromatic nitrogens is 4. The van der Waals surface area contributed by atoms with Gasteiger partial charge in [0.2, 0.25) is 5.71 Å². The molecule has 5 nitrogen and oxygen atoms in total. The summed E-state index contributed by atoms with van der Waals surface area (Å²) in [5, 5.41) is 2.08. The number of benzene rings is 2. The van der Waals surface area contributed by atoms with Crippen molar-refractivity contribution in [3.63, 3.8) is 0 Å². The summed E-state index contributed by atoms with van der Waals surface area (Å²) in [4.78, 5) is 10.1. The summed E-state index contributed by atoms with van der Waals surface area (Å²) in [5.41, 5.74) is 10.1. The summed E-state index contributed by atoms with van der Waals surface area (Å²) >= 11 is 0. The molecule has 0 aliphatic rings. The Morgan fingerprint density at radius 3 is 2.21 bits per heavy atom. The van der Waals surface area contributed by atoms with Gasteiger partial charge >= 0.3 is 0 Å². The van der Waals surface area contributed by atoms with E-state index in [4.69, 9.17) is 14.4 Å². The summed E-state index contributed by atoms with van der Waals surface area (Å²) in [7, 11) is 4.24. The molecule has 0 fully saturated rings. The van der Waals surface area contributed by atoms with Crippen molar-refractivity contribution in [1.29, 1.82) is 0 Å². The van der Waals surface area contributed by atoms with E-state index in [1.54, 1.807) is 0 Å². The molecular weight excluding hydrogens is 480 g/mol. The van der Waals surface area contributed by atoms with Gasteiger partial charge < -0.3 is 4.42 Å². The van der Waals surface area contributed by atoms with Crippen molar-refractivity contribution < 1.29 is 8.98 Å². The Morgan fingerprint density at radius 1 is 0.795 bits per heavy atom. The van der Waals surface area contributed by atoms with E-state index in [1.807, 2.05) is 0 Å². The second-order valence-electron chi connectivity index (χ2n) is 12.8. The maximum atomic E-state index is 6.62. The van der Waals surface area contributed by atoms with Crippen LogP contribution in [0.4, 0.5) is 0 Å². The summed E-state index contributed by atoms with van der Waals surface area (Å²) in [5.74, 6) is 1.10. The van der Waals surface area contributed by atoms with Crippen LogP contribution in [0.3, 0.4) is 0 Å². The van der Waals surface area contributed by atoms with E-state index in [2.05, 4.69) is 132 Å². The van der Waals surface area contributed by atoms with Crippen molar-refractivity contribution in [3.05, 3.63) is 77.5 Å². The first kappa shape index (κ1) is 25.3. The number of imidazole rings is 1. The number of hydrogen-bond donors (Lipinski definition) is 0. The molecule has 2 aromatic carbocycles. The zero-order valence-electron chi connectivity index (χ0n) is 24.5. The van der Waals surface area contributed by atoms with E-state index in [0.717, 1.165) is 50.4 Å². The van der Waals surface area contributed by atoms with Gasteiger partial charge in [-0.3, -0.25) is 4.98 Å². The van der Waals surface area contributed by atoms with Crippen molar-refractivity contribution in [2.24, 2.45) is 14.1 Å². The van der Waals surface area contributed by atoms with Crippen molar-refractivity contribution in [2.75, 3.05) is 0 Å². The molecule has 0 N–H and O–H groups in total. The number of pyridine rings is 2. The van der Waals surface area contributed by atoms with Gasteiger partial charge in [-0.25, -0.2) is 14.1 Å². The monoisotopic (exact) mass is 517 g/mol. The van der Waals surface area contributed by atoms with Crippen LogP contribution in [-0.2, 0) is 24.9 Å². The lowest BCUT2D eigenvalue weighted by molar-refractivity contribution is -0.634. The first-order valence-corrected chi connectivity index (χ1v) is 13.6. The van der Waals surface area contributed by atoms with E-state index in [1.165, 1.54) is 16.6 Å². The average molecular weight is 518 g/mol. The first-order chi connectivity index (χ1) is 18.3. The number of furan rings is 1. The number of hydrogen-bond acceptors (Lipinski definition) is 3. The Morgan fingerprint density at radius 2 is 1.51 bits per heavy atom. The Hall–Kier alpha value is -3.99. The summed E-state index contributed by atoms with van der Waals surface area (Å²) in [6.07, 6.45) is 0. The zero-order valence-corrected chi connectivity index (χ0v) is 24.5. The highest BCUT2D eigenvalue weighted by atomic mass is 16.3. The molecule has 0 saturated heterocycles. The van der Waals surface area contributed by atoms with E-state index >= 15 is 0 Å². The number of fused-ring (bicyclic) bond motifs is 4. The highest BCUT2D eigenvalue weighted by Crippen LogP contribution is 2.38. The first-order valence-electron chi connectivity index (χ1n) is 13.6. The largest absolute Gasteiger partial charge is 0.437 e. The molecule has 0 unspecified atom stereocenters. The molecule has 39 heavy (non-hydrogen) atoms. The third kappa shape index (κ3) is 4.03. The number of para-hydroxylation sites is 2. The minimum absolute atomic E-state index is 0.00170. The topological polar surface area (TPSA) is 47.7 Å². The molecule has 0 spiro atoms. The van der Waals surface area contributed by atoms with Crippen LogP contribution in [0.1, 0.15) is 58.4 Å². The van der Waals surface area contributed by atoms with Gasteiger partial charge in [-0.2, -0.15) is 0 Å². The summed E-state index contributed by atoms with van der Waals surface area (Å²) in [6, 6.07) is 21.4. The fourth-order valence-electron chi connectivity index (χ4n) is 5.54. The third-order valence-electron chi connectivity index (χ3n) is 7.90. The second kappa shape index (κ2) is 8.51. The molecule has 6 aromatic rings. The standard InChI is InChI=1S/C34H37N4O/c1-20-14-15-22-23-16-17-24(25-18-21(33(2,3)4)19-28(35-25)34(5,6)7)36-31(23)39-30(22)29(20)32-37(8)26-12-10-11-13-27(26)38(32)9/h10-19H,1-9H3/q+1. The molecular formula is C34H37N4O+. The molecule has 5 heteroatoms. The van der Waals surface area contributed by atoms with E-state index in [0.29, 0.717) is 5.71 Å². The molecule has 198 valence electrons. The van der Waals surface area contributed by atoms with Gasteiger partial charge in [0.25, 0.3) is 5.82 Å². The van der Waals surface area contributed by atoms with E-state index in [-0.39, 0.29) is 10.8 Å². The van der Waals surface area contributed by atoms with Crippen LogP contribution in [-0.4, -0.2) is 14.5 Å². The number of rotatable bonds is 2. The van der Waals surface area contributed by atoms with Crippen LogP contribution in [0.2, 0.25) is 0 Å². The van der Waals surface area contributed by atoms with Gasteiger partial charge in [0, 0.05) is 21.9 Å². The molecule has 6 rings (SSSR count). The van der Waals surface area contributed by atoms with Gasteiger partial charge in [0.15, 0.2) is 16.6 Å². The van der Waals surface area contributed by atoms with Gasteiger partial charge in [0.05, 0.1) is 25.5 Å². The predicted octanol–water partition coefficient (Wildman–Crippen LogP) is 7.93. The van der Waals surface area contributed by atoms with Crippen LogP contribution in [0.5, 0.6) is 0 Å². The Labute approximate surface area is 230 Å². The Bertz CT molecular complexity index is 1840. The maximum Gasteiger partial charge on any atom is 0.293 e. The summed E-state index contributed by atoms with van der Waals surface area (Å²) < 4.78 is 11.1. The highest BCUT2D eigenvalue weighted by molar-refractivity contribution is 6.09. The van der Waals surface area contributed by atoms with Crippen molar-refractivity contribution >= 4 is 33.1 Å². The average Bonchev–Trinajstić information content (AvgIpc) is 3.37. The van der Waals surface area contributed by atoms with Crippen molar-refractivity contribution in [3.8, 4) is 22.8 Å². The lowest BCUT2D eigenvalue weighted by Gasteiger charge is -2.25. The van der Waals surface area contributed by atoms with Gasteiger partial charge in [-0.1, -0.05) is 65.8 Å². The number of nitrogens with zero attached hydrogens (tertiary/aromatic N) is 4. The van der Waals surface area contributed by atoms with Crippen LogP contribution < -0.4 is 4.57 Å². The molecule has 0 bridgehead atoms. The van der Waals surface area contributed by atoms with Gasteiger partial charge in [-0.05, 0) is 59.9 Å². The van der Waals surface area contributed by atoms with Crippen LogP contribution in [0.25, 0.3) is 55.9 Å². The normalized spacial score (nSPS) is 12.7. The maximum absolute atomic E-state index is 6.62. The molecule has 0 saturated carbocycles. The number of aryl methyl sites for hydroxylation is 3. The molecule has 4 heterocycles. The predicted molar refractivity (Wildman–Crippen MR) is 160 cm³/mol. The van der Waals surface area contributed by atoms with Gasteiger partial charge in [-0.15, -0.1) is 0 Å². The lowest BCUT2D eigenvalue weighted by atomic mass is 9.83. The quantitative estimate of drug-likeness (QED) is 0.219. The Balaban J connectivity index is 1.59. The second-order valence-corrected chi connectivity index (χ2v) is 12.8. The van der Waals surface area contributed by atoms with Crippen LogP contribution in [0, 0.1) is 6.92 Å². The van der Waals surface area contributed by atoms with Crippen LogP contribution >= 0.6 is 0 Å². The van der Waals surface area contributed by atoms with E-state index < -0.39 is 0 Å². The molecule has 0 aliphatic carbocycles. The molecule has 0 amide bonds. The minimum atomic E-state index is -0.0694. The zero-order chi connectivity index (χ0) is 27.9. The fourth-order valence-corrected chi connectivity index (χ4v) is 5.54. The molecule has 4 aromatic heterocycles. The Kier molecular flexibility index (Phi) is 5.52. The van der Waals surface area contributed by atoms with Gasteiger partial charge in [0.1, 0.15) is 5.56 Å². The van der Waals surface area contributed by atoms with Crippen molar-refractivity contribution in [1.82, 2.24) is 14.5 Å². The third-order valence-corrected chi connectivity index (χ3v) is 7.90. The summed E-state index contributed by atoms with van der Waals surface area (Å²) in [6.45, 7) is 15.5. The molecule has 0 aliphatic heterocycles. The SMILES string of the molecule is Cc1ccc2c(oc3nc(-c4cc(C(C)(C)C)cc(C(C)(C)C)n4)ccc32)c1-c1n(C)c2ccccc2[n+]1C. The smallest absolute Gasteiger partial charge is 0.293 e.